The van der Waals surface area contributed by atoms with Gasteiger partial charge in [-0.05, 0) is 43.0 Å². The fourth-order valence-corrected chi connectivity index (χ4v) is 3.43. The van der Waals surface area contributed by atoms with E-state index < -0.39 is 23.8 Å². The van der Waals surface area contributed by atoms with E-state index in [0.717, 1.165) is 22.3 Å². The highest BCUT2D eigenvalue weighted by molar-refractivity contribution is 5.79. The molecule has 28 heavy (non-hydrogen) atoms. The first-order chi connectivity index (χ1) is 13.3. The van der Waals surface area contributed by atoms with Crippen molar-refractivity contribution in [3.8, 4) is 11.1 Å². The molecule has 0 bridgehead atoms. The summed E-state index contributed by atoms with van der Waals surface area (Å²) in [7, 11) is 0. The number of carboxylic acid groups (broad SMARTS) is 1. The van der Waals surface area contributed by atoms with Crippen molar-refractivity contribution in [2.24, 2.45) is 0 Å². The van der Waals surface area contributed by atoms with Crippen molar-refractivity contribution in [2.45, 2.75) is 38.4 Å². The third-order valence-electron chi connectivity index (χ3n) is 4.55. The lowest BCUT2D eigenvalue weighted by atomic mass is 9.98. The molecule has 1 aliphatic rings. The van der Waals surface area contributed by atoms with Crippen molar-refractivity contribution in [2.75, 3.05) is 13.2 Å². The van der Waals surface area contributed by atoms with E-state index in [4.69, 9.17) is 9.47 Å². The summed E-state index contributed by atoms with van der Waals surface area (Å²) in [6.07, 6.45) is -1.80. The molecule has 148 valence electrons. The second-order valence-corrected chi connectivity index (χ2v) is 7.76. The second-order valence-electron chi connectivity index (χ2n) is 7.76. The molecule has 1 unspecified atom stereocenters. The van der Waals surface area contributed by atoms with Gasteiger partial charge in [-0.2, -0.15) is 0 Å². The predicted molar refractivity (Wildman–Crippen MR) is 105 cm³/mol. The van der Waals surface area contributed by atoms with Gasteiger partial charge in [-0.25, -0.2) is 9.59 Å². The van der Waals surface area contributed by atoms with E-state index in [1.54, 1.807) is 20.8 Å². The van der Waals surface area contributed by atoms with Gasteiger partial charge in [-0.3, -0.25) is 0 Å². The van der Waals surface area contributed by atoms with E-state index in [9.17, 15) is 14.7 Å². The van der Waals surface area contributed by atoms with E-state index in [1.807, 2.05) is 36.4 Å². The highest BCUT2D eigenvalue weighted by Crippen LogP contribution is 2.44. The van der Waals surface area contributed by atoms with E-state index in [-0.39, 0.29) is 19.1 Å². The Bertz CT molecular complexity index is 826. The van der Waals surface area contributed by atoms with Crippen molar-refractivity contribution in [3.05, 3.63) is 59.7 Å². The minimum atomic E-state index is -1.14. The van der Waals surface area contributed by atoms with Gasteiger partial charge in [0.1, 0.15) is 6.61 Å². The SMILES string of the molecule is CC(C)(C)OC(CNC(=O)OCC1c2ccccc2-c2ccccc21)C(=O)O. The Kier molecular flexibility index (Phi) is 5.70. The maximum atomic E-state index is 12.1. The third-order valence-corrected chi connectivity index (χ3v) is 4.55. The summed E-state index contributed by atoms with van der Waals surface area (Å²) in [5.74, 6) is -1.17. The first-order valence-corrected chi connectivity index (χ1v) is 9.26. The minimum absolute atomic E-state index is 0.0424. The van der Waals surface area contributed by atoms with Crippen LogP contribution in [0.5, 0.6) is 0 Å². The molecule has 0 aromatic heterocycles. The lowest BCUT2D eigenvalue weighted by Crippen LogP contribution is -2.42. The Morgan fingerprint density at radius 2 is 1.57 bits per heavy atom. The van der Waals surface area contributed by atoms with Crippen LogP contribution in [0.15, 0.2) is 48.5 Å². The highest BCUT2D eigenvalue weighted by Gasteiger charge is 2.29. The Morgan fingerprint density at radius 1 is 1.04 bits per heavy atom. The van der Waals surface area contributed by atoms with E-state index in [1.165, 1.54) is 0 Å². The Balaban J connectivity index is 1.61. The van der Waals surface area contributed by atoms with Gasteiger partial charge in [0, 0.05) is 5.92 Å². The van der Waals surface area contributed by atoms with E-state index in [2.05, 4.69) is 17.4 Å². The summed E-state index contributed by atoms with van der Waals surface area (Å²) < 4.78 is 10.9. The first kappa shape index (κ1) is 19.9. The average molecular weight is 383 g/mol. The van der Waals surface area contributed by atoms with Crippen molar-refractivity contribution in [3.63, 3.8) is 0 Å². The van der Waals surface area contributed by atoms with Gasteiger partial charge in [0.2, 0.25) is 0 Å². The van der Waals surface area contributed by atoms with Crippen LogP contribution in [0.2, 0.25) is 0 Å². The zero-order valence-corrected chi connectivity index (χ0v) is 16.3. The number of hydrogen-bond acceptors (Lipinski definition) is 4. The monoisotopic (exact) mass is 383 g/mol. The van der Waals surface area contributed by atoms with Gasteiger partial charge in [-0.1, -0.05) is 48.5 Å². The molecular formula is C22H25NO5. The molecule has 0 radical (unpaired) electrons. The first-order valence-electron chi connectivity index (χ1n) is 9.26. The van der Waals surface area contributed by atoms with Gasteiger partial charge >= 0.3 is 12.1 Å². The van der Waals surface area contributed by atoms with Crippen LogP contribution >= 0.6 is 0 Å². The molecule has 2 N–H and O–H groups in total. The number of carbonyl (C=O) groups is 2. The van der Waals surface area contributed by atoms with Crippen LogP contribution in [-0.2, 0) is 14.3 Å². The number of benzene rings is 2. The van der Waals surface area contributed by atoms with Crippen LogP contribution in [0.4, 0.5) is 4.79 Å². The molecule has 3 rings (SSSR count). The van der Waals surface area contributed by atoms with Crippen molar-refractivity contribution in [1.29, 1.82) is 0 Å². The molecule has 0 saturated heterocycles. The zero-order chi connectivity index (χ0) is 20.3. The topological polar surface area (TPSA) is 84.9 Å². The van der Waals surface area contributed by atoms with Gasteiger partial charge in [-0.15, -0.1) is 0 Å². The number of carbonyl (C=O) groups excluding carboxylic acids is 1. The van der Waals surface area contributed by atoms with Gasteiger partial charge in [0.05, 0.1) is 12.1 Å². The molecule has 0 saturated carbocycles. The van der Waals surface area contributed by atoms with Crippen LogP contribution in [0.3, 0.4) is 0 Å². The largest absolute Gasteiger partial charge is 0.479 e. The maximum absolute atomic E-state index is 12.1. The third kappa shape index (κ3) is 4.51. The lowest BCUT2D eigenvalue weighted by Gasteiger charge is -2.25. The molecule has 0 fully saturated rings. The molecule has 2 aromatic rings. The summed E-state index contributed by atoms with van der Waals surface area (Å²) in [5, 5.41) is 11.7. The van der Waals surface area contributed by atoms with Crippen molar-refractivity contribution in [1.82, 2.24) is 5.32 Å². The summed E-state index contributed by atoms with van der Waals surface area (Å²) in [6.45, 7) is 5.30. The van der Waals surface area contributed by atoms with Gasteiger partial charge < -0.3 is 19.9 Å². The van der Waals surface area contributed by atoms with Gasteiger partial charge in [0.25, 0.3) is 0 Å². The number of hydrogen-bond donors (Lipinski definition) is 2. The molecule has 6 heteroatoms. The summed E-state index contributed by atoms with van der Waals surface area (Å²) in [6, 6.07) is 16.1. The standard InChI is InChI=1S/C22H25NO5/c1-22(2,3)28-19(20(24)25)12-23-21(26)27-13-18-16-10-6-4-8-14(16)15-9-5-7-11-17(15)18/h4-11,18-19H,12-13H2,1-3H3,(H,23,26)(H,24,25). The fourth-order valence-electron chi connectivity index (χ4n) is 3.43. The predicted octanol–water partition coefficient (Wildman–Crippen LogP) is 3.79. The number of aliphatic carboxylic acids is 1. The van der Waals surface area contributed by atoms with Crippen LogP contribution < -0.4 is 5.32 Å². The lowest BCUT2D eigenvalue weighted by molar-refractivity contribution is -0.159. The smallest absolute Gasteiger partial charge is 0.407 e. The molecule has 1 aliphatic carbocycles. The maximum Gasteiger partial charge on any atom is 0.407 e. The van der Waals surface area contributed by atoms with Crippen LogP contribution in [0, 0.1) is 0 Å². The normalized spacial score (nSPS) is 14.1. The number of ether oxygens (including phenoxy) is 2. The number of amides is 1. The van der Waals surface area contributed by atoms with Crippen LogP contribution in [-0.4, -0.2) is 42.0 Å². The summed E-state index contributed by atoms with van der Waals surface area (Å²) >= 11 is 0. The van der Waals surface area contributed by atoms with E-state index >= 15 is 0 Å². The average Bonchev–Trinajstić information content (AvgIpc) is 2.96. The number of alkyl carbamates (subject to hydrolysis) is 1. The van der Waals surface area contributed by atoms with E-state index in [0.29, 0.717) is 0 Å². The number of rotatable bonds is 6. The van der Waals surface area contributed by atoms with Crippen LogP contribution in [0.1, 0.15) is 37.8 Å². The molecule has 6 nitrogen and oxygen atoms in total. The quantitative estimate of drug-likeness (QED) is 0.793. The molecular weight excluding hydrogens is 358 g/mol. The molecule has 0 spiro atoms. The Morgan fingerprint density at radius 3 is 2.07 bits per heavy atom. The van der Waals surface area contributed by atoms with Crippen molar-refractivity contribution >= 4 is 12.1 Å². The number of nitrogens with one attached hydrogen (secondary N) is 1. The second kappa shape index (κ2) is 8.02. The summed E-state index contributed by atoms with van der Waals surface area (Å²) in [5.41, 5.74) is 3.91. The Hall–Kier alpha value is -2.86. The minimum Gasteiger partial charge on any atom is -0.479 e. The number of carboxylic acids is 1. The molecule has 1 atom stereocenters. The number of fused-ring (bicyclic) bond motifs is 3. The molecule has 2 aromatic carbocycles. The van der Waals surface area contributed by atoms with Crippen molar-refractivity contribution < 1.29 is 24.2 Å². The summed E-state index contributed by atoms with van der Waals surface area (Å²) in [4.78, 5) is 23.4. The zero-order valence-electron chi connectivity index (χ0n) is 16.3. The Labute approximate surface area is 164 Å². The van der Waals surface area contributed by atoms with Crippen LogP contribution in [0.25, 0.3) is 11.1 Å². The fraction of sp³-hybridized carbons (Fsp3) is 0.364. The van der Waals surface area contributed by atoms with Gasteiger partial charge in [0.15, 0.2) is 6.10 Å². The highest BCUT2D eigenvalue weighted by atomic mass is 16.6. The molecule has 1 amide bonds. The molecule has 0 heterocycles. The molecule has 0 aliphatic heterocycles.